The summed E-state index contributed by atoms with van der Waals surface area (Å²) >= 11 is 0.815. The third-order valence-corrected chi connectivity index (χ3v) is 2.40. The molecule has 1 N–H and O–H groups in total. The van der Waals surface area contributed by atoms with Crippen molar-refractivity contribution in [3.8, 4) is 0 Å². The van der Waals surface area contributed by atoms with Crippen LogP contribution in [0.2, 0.25) is 10.6 Å². The van der Waals surface area contributed by atoms with Crippen molar-refractivity contribution in [2.45, 2.75) is 64.2 Å². The molecule has 0 rings (SSSR count). The second-order valence-electron chi connectivity index (χ2n) is 3.58. The molecule has 0 aromatic carbocycles. The van der Waals surface area contributed by atoms with Gasteiger partial charge in [-0.25, -0.2) is 0 Å². The fourth-order valence-electron chi connectivity index (χ4n) is 0.955. The fraction of sp³-hybridized carbons (Fsp3) is 1.00. The molecule has 0 heterocycles. The van der Waals surface area contributed by atoms with Gasteiger partial charge in [0, 0.05) is 12.1 Å². The zero-order chi connectivity index (χ0) is 9.98. The van der Waals surface area contributed by atoms with Crippen molar-refractivity contribution in [2.24, 2.45) is 0 Å². The van der Waals surface area contributed by atoms with Crippen LogP contribution < -0.4 is 5.32 Å². The molecule has 0 spiro atoms. The lowest BCUT2D eigenvalue weighted by Gasteiger charge is -2.10. The molecule has 0 bridgehead atoms. The van der Waals surface area contributed by atoms with E-state index >= 15 is 0 Å². The minimum absolute atomic E-state index is 0.625. The highest BCUT2D eigenvalue weighted by molar-refractivity contribution is 6.34. The molecule has 0 saturated carbocycles. The molecule has 0 aromatic heterocycles. The quantitative estimate of drug-likeness (QED) is 0.666. The first kappa shape index (κ1) is 15.0. The molecular formula is C10H25AlN. The maximum absolute atomic E-state index is 3.31. The van der Waals surface area contributed by atoms with Crippen LogP contribution in [0.15, 0.2) is 0 Å². The van der Waals surface area contributed by atoms with E-state index < -0.39 is 0 Å². The Morgan fingerprint density at radius 2 is 1.25 bits per heavy atom. The van der Waals surface area contributed by atoms with Gasteiger partial charge in [0.2, 0.25) is 0 Å². The van der Waals surface area contributed by atoms with Gasteiger partial charge in [-0.05, 0) is 0 Å². The summed E-state index contributed by atoms with van der Waals surface area (Å²) in [6, 6.07) is 1.25. The number of hydrogen-bond donors (Lipinski definition) is 1. The molecule has 2 heteroatoms. The Bertz CT molecular complexity index is 64.2. The van der Waals surface area contributed by atoms with Gasteiger partial charge >= 0.3 is 0 Å². The van der Waals surface area contributed by atoms with Gasteiger partial charge in [0.1, 0.15) is 0 Å². The molecule has 0 saturated heterocycles. The summed E-state index contributed by atoms with van der Waals surface area (Å²) in [6.45, 7) is 13.1. The van der Waals surface area contributed by atoms with Gasteiger partial charge in [0.05, 0.1) is 0 Å². The van der Waals surface area contributed by atoms with Crippen molar-refractivity contribution in [3.63, 3.8) is 0 Å². The van der Waals surface area contributed by atoms with Gasteiger partial charge in [-0.1, -0.05) is 41.5 Å². The van der Waals surface area contributed by atoms with Crippen molar-refractivity contribution in [1.82, 2.24) is 5.32 Å². The van der Waals surface area contributed by atoms with Gasteiger partial charge in [0.15, 0.2) is 15.2 Å². The lowest BCUT2D eigenvalue weighted by Crippen LogP contribution is -2.29. The van der Waals surface area contributed by atoms with Crippen molar-refractivity contribution in [1.29, 1.82) is 0 Å². The molecule has 0 aliphatic carbocycles. The predicted octanol–water partition coefficient (Wildman–Crippen LogP) is 2.96. The maximum Gasteiger partial charge on any atom is 0.198 e. The molecule has 0 aliphatic rings. The summed E-state index contributed by atoms with van der Waals surface area (Å²) in [5.74, 6) is 0. The van der Waals surface area contributed by atoms with E-state index in [0.717, 1.165) is 15.2 Å². The van der Waals surface area contributed by atoms with Crippen molar-refractivity contribution < 1.29 is 0 Å². The summed E-state index contributed by atoms with van der Waals surface area (Å²) in [5, 5.41) is 6.16. The zero-order valence-corrected chi connectivity index (χ0v) is 10.8. The molecule has 1 radical (unpaired) electrons. The Labute approximate surface area is 85.0 Å². The fourth-order valence-corrected chi connectivity index (χ4v) is 1.53. The van der Waals surface area contributed by atoms with E-state index in [2.05, 4.69) is 46.9 Å². The molecule has 0 amide bonds. The van der Waals surface area contributed by atoms with E-state index in [1.807, 2.05) is 0 Å². The van der Waals surface area contributed by atoms with E-state index in [-0.39, 0.29) is 0 Å². The molecule has 1 nitrogen and oxygen atoms in total. The minimum Gasteiger partial charge on any atom is -0.312 e. The number of hydrogen-bond acceptors (Lipinski definition) is 1. The first-order valence-corrected chi connectivity index (χ1v) is 6.75. The third-order valence-electron chi connectivity index (χ3n) is 1.24. The van der Waals surface area contributed by atoms with Crippen LogP contribution in [0.5, 0.6) is 0 Å². The van der Waals surface area contributed by atoms with E-state index in [9.17, 15) is 0 Å². The van der Waals surface area contributed by atoms with E-state index in [4.69, 9.17) is 0 Å². The second-order valence-corrected chi connectivity index (χ2v) is 5.79. The second kappa shape index (κ2) is 11.5. The van der Waals surface area contributed by atoms with E-state index in [0.29, 0.717) is 12.1 Å². The van der Waals surface area contributed by atoms with Gasteiger partial charge in [-0.3, -0.25) is 0 Å². The summed E-state index contributed by atoms with van der Waals surface area (Å²) in [5.41, 5.74) is 0. The Balaban J connectivity index is 0. The first-order chi connectivity index (χ1) is 5.54. The topological polar surface area (TPSA) is 12.0 Å². The maximum atomic E-state index is 3.31. The van der Waals surface area contributed by atoms with E-state index in [1.165, 1.54) is 10.6 Å². The predicted molar refractivity (Wildman–Crippen MR) is 60.1 cm³/mol. The van der Waals surface area contributed by atoms with Crippen LogP contribution in [0.4, 0.5) is 0 Å². The first-order valence-electron chi connectivity index (χ1n) is 5.12. The molecule has 0 aliphatic heterocycles. The highest BCUT2D eigenvalue weighted by Gasteiger charge is 1.92. The monoisotopic (exact) mass is 186 g/mol. The van der Waals surface area contributed by atoms with Crippen molar-refractivity contribution in [3.05, 3.63) is 0 Å². The molecule has 73 valence electrons. The summed E-state index contributed by atoms with van der Waals surface area (Å²) in [6.07, 6.45) is 0. The van der Waals surface area contributed by atoms with Crippen LogP contribution >= 0.6 is 0 Å². The van der Waals surface area contributed by atoms with Gasteiger partial charge in [-0.15, -0.1) is 10.6 Å². The molecule has 0 aromatic rings. The smallest absolute Gasteiger partial charge is 0.198 e. The Kier molecular flexibility index (Phi) is 14.4. The van der Waals surface area contributed by atoms with Crippen LogP contribution in [0.1, 0.15) is 41.5 Å². The normalized spacial score (nSPS) is 9.67. The summed E-state index contributed by atoms with van der Waals surface area (Å²) in [4.78, 5) is 0. The van der Waals surface area contributed by atoms with Crippen LogP contribution in [-0.2, 0) is 0 Å². The zero-order valence-electron chi connectivity index (χ0n) is 9.65. The highest BCUT2D eigenvalue weighted by atomic mass is 27.1. The van der Waals surface area contributed by atoms with Crippen LogP contribution in [0.25, 0.3) is 0 Å². The standard InChI is InChI=1S/C6H15N.2C2H5.Al/c1-5(2)7-6(3)4;2*1-2;/h5-7H,1-4H3;2*1H2,2H3;. The Morgan fingerprint density at radius 1 is 0.917 bits per heavy atom. The number of rotatable bonds is 4. The van der Waals surface area contributed by atoms with Crippen LogP contribution in [0.3, 0.4) is 0 Å². The van der Waals surface area contributed by atoms with Gasteiger partial charge < -0.3 is 5.32 Å². The summed E-state index contributed by atoms with van der Waals surface area (Å²) in [7, 11) is 0. The Morgan fingerprint density at radius 3 is 1.25 bits per heavy atom. The third kappa shape index (κ3) is 22.4. The molecular weight excluding hydrogens is 161 g/mol. The van der Waals surface area contributed by atoms with E-state index in [1.54, 1.807) is 0 Å². The number of nitrogens with one attached hydrogen (secondary N) is 1. The van der Waals surface area contributed by atoms with Gasteiger partial charge in [-0.2, -0.15) is 0 Å². The Hall–Kier alpha value is 0.492. The molecule has 0 fully saturated rings. The SMILES string of the molecule is CC(C)NC(C)C.C[CH2][Al][CH2]C. The minimum atomic E-state index is 0.625. The summed E-state index contributed by atoms with van der Waals surface area (Å²) < 4.78 is 0. The molecule has 0 atom stereocenters. The van der Waals surface area contributed by atoms with Crippen molar-refractivity contribution >= 4 is 15.2 Å². The van der Waals surface area contributed by atoms with Crippen LogP contribution in [-0.4, -0.2) is 27.3 Å². The highest BCUT2D eigenvalue weighted by Crippen LogP contribution is 1.80. The largest absolute Gasteiger partial charge is 0.312 e. The molecule has 0 unspecified atom stereocenters. The van der Waals surface area contributed by atoms with Crippen molar-refractivity contribution in [2.75, 3.05) is 0 Å². The lowest BCUT2D eigenvalue weighted by molar-refractivity contribution is 0.518. The lowest BCUT2D eigenvalue weighted by atomic mass is 10.3. The average Bonchev–Trinajstić information content (AvgIpc) is 1.87. The van der Waals surface area contributed by atoms with Crippen LogP contribution in [0, 0.1) is 0 Å². The molecule has 12 heavy (non-hydrogen) atoms. The van der Waals surface area contributed by atoms with Gasteiger partial charge in [0.25, 0.3) is 0 Å². The average molecular weight is 186 g/mol.